The van der Waals surface area contributed by atoms with Gasteiger partial charge in [-0.1, -0.05) is 18.3 Å². The molecule has 2 rings (SSSR count). The summed E-state index contributed by atoms with van der Waals surface area (Å²) in [6.07, 6.45) is 4.91. The Morgan fingerprint density at radius 2 is 2.56 bits per heavy atom. The lowest BCUT2D eigenvalue weighted by atomic mass is 10.1. The van der Waals surface area contributed by atoms with Crippen molar-refractivity contribution in [1.82, 2.24) is 15.2 Å². The van der Waals surface area contributed by atoms with Crippen LogP contribution in [0.15, 0.2) is 6.20 Å². The van der Waals surface area contributed by atoms with Gasteiger partial charge < -0.3 is 16.0 Å². The summed E-state index contributed by atoms with van der Waals surface area (Å²) in [5, 5.41) is 3.51. The van der Waals surface area contributed by atoms with E-state index in [2.05, 4.69) is 22.1 Å². The molecule has 1 aromatic rings. The van der Waals surface area contributed by atoms with E-state index in [0.717, 1.165) is 38.9 Å². The maximum absolute atomic E-state index is 12.0. The highest BCUT2D eigenvalue weighted by atomic mass is 32.1. The molecule has 1 fully saturated rings. The second-order valence-electron chi connectivity index (χ2n) is 4.68. The number of piperidine rings is 1. The number of nitrogen functional groups attached to an aromatic ring is 1. The van der Waals surface area contributed by atoms with E-state index in [1.54, 1.807) is 6.20 Å². The summed E-state index contributed by atoms with van der Waals surface area (Å²) in [7, 11) is 0. The lowest BCUT2D eigenvalue weighted by Gasteiger charge is -2.32. The number of carbonyl (C=O) groups excluding carboxylic acids is 1. The number of likely N-dealkylation sites (tertiary alicyclic amines) is 1. The topological polar surface area (TPSA) is 71.2 Å². The average Bonchev–Trinajstić information content (AvgIpc) is 2.77. The average molecular weight is 268 g/mol. The Morgan fingerprint density at radius 3 is 3.22 bits per heavy atom. The smallest absolute Gasteiger partial charge is 0.263 e. The van der Waals surface area contributed by atoms with E-state index in [0.29, 0.717) is 10.0 Å². The number of nitrogens with two attached hydrogens (primary N) is 1. The standard InChI is InChI=1S/C12H20N4OS/c1-2-5-16-6-3-4-9(8-16)15-11(17)10-7-14-12(13)18-10/h7,9H,2-6,8H2,1H3,(H2,13,14)(H,15,17). The van der Waals surface area contributed by atoms with Gasteiger partial charge in [0.2, 0.25) is 0 Å². The SMILES string of the molecule is CCCN1CCCC(NC(=O)c2cnc(N)s2)C1. The third kappa shape index (κ3) is 3.43. The molecule has 1 atom stereocenters. The summed E-state index contributed by atoms with van der Waals surface area (Å²) in [6.45, 7) is 5.39. The van der Waals surface area contributed by atoms with E-state index < -0.39 is 0 Å². The molecule has 2 heterocycles. The molecule has 1 aromatic heterocycles. The van der Waals surface area contributed by atoms with Gasteiger partial charge in [-0.25, -0.2) is 4.98 Å². The van der Waals surface area contributed by atoms with Gasteiger partial charge in [0.1, 0.15) is 4.88 Å². The largest absolute Gasteiger partial charge is 0.375 e. The second-order valence-corrected chi connectivity index (χ2v) is 5.74. The Balaban J connectivity index is 1.87. The highest BCUT2D eigenvalue weighted by Gasteiger charge is 2.21. The molecule has 0 aromatic carbocycles. The van der Waals surface area contributed by atoms with Crippen molar-refractivity contribution in [3.8, 4) is 0 Å². The molecular weight excluding hydrogens is 248 g/mol. The number of rotatable bonds is 4. The van der Waals surface area contributed by atoms with E-state index in [1.165, 1.54) is 11.3 Å². The van der Waals surface area contributed by atoms with Crippen molar-refractivity contribution in [3.63, 3.8) is 0 Å². The first-order valence-corrected chi connectivity index (χ1v) is 7.25. The van der Waals surface area contributed by atoms with Crippen molar-refractivity contribution in [2.75, 3.05) is 25.4 Å². The van der Waals surface area contributed by atoms with Crippen LogP contribution >= 0.6 is 11.3 Å². The molecule has 1 aliphatic heterocycles. The van der Waals surface area contributed by atoms with E-state index in [4.69, 9.17) is 5.73 Å². The first-order valence-electron chi connectivity index (χ1n) is 6.43. The number of carbonyl (C=O) groups is 1. The summed E-state index contributed by atoms with van der Waals surface area (Å²) >= 11 is 1.24. The lowest BCUT2D eigenvalue weighted by Crippen LogP contribution is -2.47. The van der Waals surface area contributed by atoms with Crippen molar-refractivity contribution < 1.29 is 4.79 Å². The zero-order valence-electron chi connectivity index (χ0n) is 10.7. The Morgan fingerprint density at radius 1 is 1.72 bits per heavy atom. The fraction of sp³-hybridized carbons (Fsp3) is 0.667. The fourth-order valence-corrected chi connectivity index (χ4v) is 2.93. The van der Waals surface area contributed by atoms with Crippen molar-refractivity contribution >= 4 is 22.4 Å². The van der Waals surface area contributed by atoms with Gasteiger partial charge in [-0.15, -0.1) is 0 Å². The lowest BCUT2D eigenvalue weighted by molar-refractivity contribution is 0.0907. The van der Waals surface area contributed by atoms with Crippen LogP contribution < -0.4 is 11.1 Å². The van der Waals surface area contributed by atoms with Gasteiger partial charge in [0.15, 0.2) is 5.13 Å². The number of nitrogens with zero attached hydrogens (tertiary/aromatic N) is 2. The Bertz CT molecular complexity index is 405. The van der Waals surface area contributed by atoms with Gasteiger partial charge in [0, 0.05) is 12.6 Å². The molecule has 5 nitrogen and oxygen atoms in total. The van der Waals surface area contributed by atoms with Crippen LogP contribution in [0.1, 0.15) is 35.9 Å². The van der Waals surface area contributed by atoms with Crippen LogP contribution in [0.5, 0.6) is 0 Å². The van der Waals surface area contributed by atoms with Crippen LogP contribution in [0.25, 0.3) is 0 Å². The van der Waals surface area contributed by atoms with Crippen LogP contribution in [0.2, 0.25) is 0 Å². The van der Waals surface area contributed by atoms with Crippen LogP contribution in [0.4, 0.5) is 5.13 Å². The third-order valence-electron chi connectivity index (χ3n) is 3.13. The monoisotopic (exact) mass is 268 g/mol. The Labute approximate surface area is 111 Å². The molecule has 1 amide bonds. The molecule has 6 heteroatoms. The van der Waals surface area contributed by atoms with Crippen LogP contribution in [0.3, 0.4) is 0 Å². The molecule has 0 aliphatic carbocycles. The van der Waals surface area contributed by atoms with Gasteiger partial charge in [0.25, 0.3) is 5.91 Å². The molecule has 0 spiro atoms. The first kappa shape index (κ1) is 13.3. The van der Waals surface area contributed by atoms with Gasteiger partial charge in [0.05, 0.1) is 6.20 Å². The van der Waals surface area contributed by atoms with Crippen LogP contribution in [-0.2, 0) is 0 Å². The Hall–Kier alpha value is -1.14. The molecule has 0 saturated carbocycles. The summed E-state index contributed by atoms with van der Waals surface area (Å²) in [5.74, 6) is -0.0486. The number of aromatic nitrogens is 1. The molecule has 100 valence electrons. The molecule has 1 unspecified atom stereocenters. The van der Waals surface area contributed by atoms with E-state index in [-0.39, 0.29) is 11.9 Å². The number of nitrogens with one attached hydrogen (secondary N) is 1. The molecular formula is C12H20N4OS. The summed E-state index contributed by atoms with van der Waals surface area (Å²) < 4.78 is 0. The molecule has 18 heavy (non-hydrogen) atoms. The minimum Gasteiger partial charge on any atom is -0.375 e. The summed E-state index contributed by atoms with van der Waals surface area (Å²) in [6, 6.07) is 0.251. The zero-order valence-corrected chi connectivity index (χ0v) is 11.5. The zero-order chi connectivity index (χ0) is 13.0. The maximum atomic E-state index is 12.0. The van der Waals surface area contributed by atoms with E-state index in [9.17, 15) is 4.79 Å². The van der Waals surface area contributed by atoms with Crippen molar-refractivity contribution in [2.24, 2.45) is 0 Å². The number of anilines is 1. The maximum Gasteiger partial charge on any atom is 0.263 e. The van der Waals surface area contributed by atoms with E-state index >= 15 is 0 Å². The number of hydrogen-bond donors (Lipinski definition) is 2. The highest BCUT2D eigenvalue weighted by Crippen LogP contribution is 2.16. The third-order valence-corrected chi connectivity index (χ3v) is 3.95. The fourth-order valence-electron chi connectivity index (χ4n) is 2.34. The van der Waals surface area contributed by atoms with Crippen LogP contribution in [-0.4, -0.2) is 41.5 Å². The van der Waals surface area contributed by atoms with Gasteiger partial charge in [-0.2, -0.15) is 0 Å². The minimum atomic E-state index is -0.0486. The summed E-state index contributed by atoms with van der Waals surface area (Å²) in [5.41, 5.74) is 5.53. The van der Waals surface area contributed by atoms with Gasteiger partial charge in [-0.3, -0.25) is 4.79 Å². The van der Waals surface area contributed by atoms with Gasteiger partial charge in [-0.05, 0) is 32.4 Å². The number of amides is 1. The minimum absolute atomic E-state index is 0.0486. The van der Waals surface area contributed by atoms with Crippen molar-refractivity contribution in [1.29, 1.82) is 0 Å². The van der Waals surface area contributed by atoms with E-state index in [1.807, 2.05) is 0 Å². The number of hydrogen-bond acceptors (Lipinski definition) is 5. The Kier molecular flexibility index (Phi) is 4.54. The molecule has 0 bridgehead atoms. The normalized spacial score (nSPS) is 20.8. The second kappa shape index (κ2) is 6.15. The van der Waals surface area contributed by atoms with Gasteiger partial charge >= 0.3 is 0 Å². The molecule has 1 saturated heterocycles. The first-order chi connectivity index (χ1) is 8.69. The van der Waals surface area contributed by atoms with Crippen molar-refractivity contribution in [3.05, 3.63) is 11.1 Å². The molecule has 0 radical (unpaired) electrons. The predicted octanol–water partition coefficient (Wildman–Crippen LogP) is 1.33. The van der Waals surface area contributed by atoms with Crippen molar-refractivity contribution in [2.45, 2.75) is 32.2 Å². The molecule has 1 aliphatic rings. The quantitative estimate of drug-likeness (QED) is 0.864. The molecule has 3 N–H and O–H groups in total. The summed E-state index contributed by atoms with van der Waals surface area (Å²) in [4.78, 5) is 18.9. The predicted molar refractivity (Wildman–Crippen MR) is 73.7 cm³/mol. The van der Waals surface area contributed by atoms with Crippen LogP contribution in [0, 0.1) is 0 Å². The highest BCUT2D eigenvalue weighted by molar-refractivity contribution is 7.17. The number of thiazole rings is 1.